The molecular formula is C12H9N3. The first kappa shape index (κ1) is 9.22. The van der Waals surface area contributed by atoms with E-state index in [-0.39, 0.29) is 0 Å². The summed E-state index contributed by atoms with van der Waals surface area (Å²) in [4.78, 5) is 0. The third-order valence-electron chi connectivity index (χ3n) is 2.02. The molecule has 15 heavy (non-hydrogen) atoms. The molecule has 0 unspecified atom stereocenters. The van der Waals surface area contributed by atoms with Crippen molar-refractivity contribution in [2.45, 2.75) is 0 Å². The summed E-state index contributed by atoms with van der Waals surface area (Å²) in [5.41, 5.74) is 1.76. The first-order valence-corrected chi connectivity index (χ1v) is 4.57. The number of hydrogen-bond donors (Lipinski definition) is 0. The predicted octanol–water partition coefficient (Wildman–Crippen LogP) is 2.30. The van der Waals surface area contributed by atoms with Gasteiger partial charge in [0.2, 0.25) is 0 Å². The van der Waals surface area contributed by atoms with Crippen LogP contribution < -0.4 is 0 Å². The van der Waals surface area contributed by atoms with E-state index in [1.165, 1.54) is 6.08 Å². The average molecular weight is 195 g/mol. The number of aromatic nitrogens is 2. The Hall–Kier alpha value is -2.34. The van der Waals surface area contributed by atoms with Gasteiger partial charge in [-0.3, -0.25) is 0 Å². The van der Waals surface area contributed by atoms with E-state index in [9.17, 15) is 0 Å². The maximum Gasteiger partial charge on any atom is 0.0934 e. The fraction of sp³-hybridized carbons (Fsp3) is 0. The molecule has 0 aliphatic rings. The molecule has 0 atom stereocenters. The van der Waals surface area contributed by atoms with Gasteiger partial charge in [-0.1, -0.05) is 30.3 Å². The summed E-state index contributed by atoms with van der Waals surface area (Å²) < 4.78 is 1.68. The van der Waals surface area contributed by atoms with Crippen molar-refractivity contribution in [1.29, 1.82) is 5.26 Å². The van der Waals surface area contributed by atoms with Crippen LogP contribution in [0.4, 0.5) is 0 Å². The van der Waals surface area contributed by atoms with Gasteiger partial charge < -0.3 is 0 Å². The fourth-order valence-corrected chi connectivity index (χ4v) is 1.36. The van der Waals surface area contributed by atoms with Crippen LogP contribution in [-0.2, 0) is 0 Å². The van der Waals surface area contributed by atoms with Crippen molar-refractivity contribution in [2.75, 3.05) is 0 Å². The van der Waals surface area contributed by atoms with E-state index in [1.807, 2.05) is 48.7 Å². The molecule has 0 fully saturated rings. The van der Waals surface area contributed by atoms with Crippen LogP contribution in [0, 0.1) is 11.3 Å². The lowest BCUT2D eigenvalue weighted by molar-refractivity contribution is 0.904. The molecule has 0 spiro atoms. The fourth-order valence-electron chi connectivity index (χ4n) is 1.36. The summed E-state index contributed by atoms with van der Waals surface area (Å²) in [6, 6.07) is 13.6. The molecule has 0 radical (unpaired) electrons. The molecule has 0 saturated heterocycles. The second-order valence-corrected chi connectivity index (χ2v) is 2.98. The Kier molecular flexibility index (Phi) is 2.61. The highest BCUT2D eigenvalue weighted by atomic mass is 15.3. The number of benzene rings is 1. The van der Waals surface area contributed by atoms with E-state index < -0.39 is 0 Å². The SMILES string of the molecule is N#C/C=C(/c1ccccc1)n1cccn1. The van der Waals surface area contributed by atoms with Crippen molar-refractivity contribution in [3.05, 3.63) is 60.4 Å². The number of nitriles is 1. The maximum absolute atomic E-state index is 8.73. The van der Waals surface area contributed by atoms with Crippen molar-refractivity contribution >= 4 is 5.70 Å². The van der Waals surface area contributed by atoms with E-state index >= 15 is 0 Å². The second-order valence-electron chi connectivity index (χ2n) is 2.98. The first-order chi connectivity index (χ1) is 7.42. The normalized spacial score (nSPS) is 11.0. The molecule has 0 saturated carbocycles. The van der Waals surface area contributed by atoms with Gasteiger partial charge in [-0.25, -0.2) is 4.68 Å². The zero-order chi connectivity index (χ0) is 10.5. The summed E-state index contributed by atoms with van der Waals surface area (Å²) in [6.45, 7) is 0. The summed E-state index contributed by atoms with van der Waals surface area (Å²) in [6.07, 6.45) is 4.99. The van der Waals surface area contributed by atoms with Gasteiger partial charge >= 0.3 is 0 Å². The Labute approximate surface area is 87.9 Å². The van der Waals surface area contributed by atoms with Gasteiger partial charge in [0.05, 0.1) is 11.8 Å². The van der Waals surface area contributed by atoms with Gasteiger partial charge in [0.25, 0.3) is 0 Å². The van der Waals surface area contributed by atoms with Crippen molar-refractivity contribution in [2.24, 2.45) is 0 Å². The summed E-state index contributed by atoms with van der Waals surface area (Å²) in [5, 5.41) is 12.8. The third-order valence-corrected chi connectivity index (χ3v) is 2.02. The molecule has 1 aromatic heterocycles. The van der Waals surface area contributed by atoms with Gasteiger partial charge in [0.1, 0.15) is 0 Å². The van der Waals surface area contributed by atoms with Crippen LogP contribution in [0.2, 0.25) is 0 Å². The molecule has 2 aromatic rings. The van der Waals surface area contributed by atoms with E-state index in [2.05, 4.69) is 5.10 Å². The van der Waals surface area contributed by atoms with Crippen molar-refractivity contribution in [1.82, 2.24) is 9.78 Å². The number of allylic oxidation sites excluding steroid dienone is 1. The molecule has 1 heterocycles. The van der Waals surface area contributed by atoms with E-state index in [0.717, 1.165) is 11.3 Å². The Morgan fingerprint density at radius 2 is 2.07 bits per heavy atom. The monoisotopic (exact) mass is 195 g/mol. The molecular weight excluding hydrogens is 186 g/mol. The van der Waals surface area contributed by atoms with Gasteiger partial charge in [0, 0.05) is 24.0 Å². The van der Waals surface area contributed by atoms with E-state index in [0.29, 0.717) is 0 Å². The highest BCUT2D eigenvalue weighted by molar-refractivity contribution is 5.66. The van der Waals surface area contributed by atoms with Gasteiger partial charge in [-0.2, -0.15) is 10.4 Å². The molecule has 0 aliphatic carbocycles. The lowest BCUT2D eigenvalue weighted by atomic mass is 10.1. The van der Waals surface area contributed by atoms with Crippen LogP contribution in [0.5, 0.6) is 0 Å². The van der Waals surface area contributed by atoms with Crippen LogP contribution in [0.1, 0.15) is 5.56 Å². The zero-order valence-corrected chi connectivity index (χ0v) is 8.04. The highest BCUT2D eigenvalue weighted by Crippen LogP contribution is 2.14. The average Bonchev–Trinajstić information content (AvgIpc) is 2.80. The topological polar surface area (TPSA) is 41.6 Å². The minimum atomic E-state index is 0.781. The largest absolute Gasteiger partial charge is 0.240 e. The Bertz CT molecular complexity index is 489. The van der Waals surface area contributed by atoms with Crippen LogP contribution in [0.15, 0.2) is 54.9 Å². The van der Waals surface area contributed by atoms with Crippen molar-refractivity contribution < 1.29 is 0 Å². The molecule has 0 bridgehead atoms. The smallest absolute Gasteiger partial charge is 0.0934 e. The Morgan fingerprint density at radius 1 is 1.27 bits per heavy atom. The number of rotatable bonds is 2. The van der Waals surface area contributed by atoms with Crippen LogP contribution >= 0.6 is 0 Å². The van der Waals surface area contributed by atoms with Crippen LogP contribution in [-0.4, -0.2) is 9.78 Å². The van der Waals surface area contributed by atoms with Crippen molar-refractivity contribution in [3.63, 3.8) is 0 Å². The molecule has 2 rings (SSSR count). The van der Waals surface area contributed by atoms with Crippen LogP contribution in [0.3, 0.4) is 0 Å². The number of hydrogen-bond acceptors (Lipinski definition) is 2. The second kappa shape index (κ2) is 4.25. The van der Waals surface area contributed by atoms with Gasteiger partial charge in [-0.05, 0) is 6.07 Å². The molecule has 0 amide bonds. The molecule has 72 valence electrons. The first-order valence-electron chi connectivity index (χ1n) is 4.57. The minimum Gasteiger partial charge on any atom is -0.240 e. The molecule has 0 aliphatic heterocycles. The lowest BCUT2D eigenvalue weighted by Gasteiger charge is -2.05. The number of nitrogens with zero attached hydrogens (tertiary/aromatic N) is 3. The Morgan fingerprint density at radius 3 is 2.67 bits per heavy atom. The van der Waals surface area contributed by atoms with Crippen molar-refractivity contribution in [3.8, 4) is 6.07 Å². The molecule has 3 heteroatoms. The lowest BCUT2D eigenvalue weighted by Crippen LogP contribution is -1.98. The molecule has 3 nitrogen and oxygen atoms in total. The third kappa shape index (κ3) is 1.94. The summed E-state index contributed by atoms with van der Waals surface area (Å²) in [5.74, 6) is 0. The van der Waals surface area contributed by atoms with Crippen LogP contribution in [0.25, 0.3) is 5.70 Å². The zero-order valence-electron chi connectivity index (χ0n) is 8.04. The minimum absolute atomic E-state index is 0.781. The predicted molar refractivity (Wildman–Crippen MR) is 57.7 cm³/mol. The van der Waals surface area contributed by atoms with Gasteiger partial charge in [0.15, 0.2) is 0 Å². The quantitative estimate of drug-likeness (QED) is 0.690. The molecule has 0 N–H and O–H groups in total. The van der Waals surface area contributed by atoms with E-state index in [1.54, 1.807) is 10.9 Å². The summed E-state index contributed by atoms with van der Waals surface area (Å²) in [7, 11) is 0. The highest BCUT2D eigenvalue weighted by Gasteiger charge is 2.02. The maximum atomic E-state index is 8.73. The molecule has 1 aromatic carbocycles. The standard InChI is InChI=1S/C12H9N3/c13-8-7-12(15-10-4-9-14-15)11-5-2-1-3-6-11/h1-7,9-10H/b12-7-. The summed E-state index contributed by atoms with van der Waals surface area (Å²) >= 11 is 0. The van der Waals surface area contributed by atoms with E-state index in [4.69, 9.17) is 5.26 Å². The Balaban J connectivity index is 2.48. The van der Waals surface area contributed by atoms with Gasteiger partial charge in [-0.15, -0.1) is 0 Å².